The maximum absolute atomic E-state index is 13.6. The molecule has 2 amide bonds. The molecule has 8 heteroatoms. The maximum Gasteiger partial charge on any atom is 0.264 e. The number of ketones is 1. The minimum absolute atomic E-state index is 0.318. The standard InChI is InChI=1S/C32H46N2O6/c1-17(10-18(2)32-14-21-11-22(15-32)13-23(12-21)16-32)6-7-25(36)27-29(37)28(19(3)30(38)33-5)34(31(27)39)26-9-8-24(35)20(4)40-26/h6-7,10,18-24,26,28,35-36H,8-9,11-16H2,1-5H3,(H,33,38)/b7-6+,17-10+,27-25-/t18-,19+,20+,21?,22?,23?,24+,26+,28+,32?/m1/s1. The van der Waals surface area contributed by atoms with Crippen LogP contribution < -0.4 is 5.32 Å². The number of carbonyl (C=O) groups excluding carboxylic acids is 3. The van der Waals surface area contributed by atoms with E-state index in [4.69, 9.17) is 4.74 Å². The predicted octanol–water partition coefficient (Wildman–Crippen LogP) is 4.20. The molecule has 4 bridgehead atoms. The molecule has 6 fully saturated rings. The van der Waals surface area contributed by atoms with Gasteiger partial charge in [-0.3, -0.25) is 14.4 Å². The highest BCUT2D eigenvalue weighted by molar-refractivity contribution is 6.27. The molecule has 6 atom stereocenters. The zero-order valence-electron chi connectivity index (χ0n) is 24.6. The molecule has 6 aliphatic rings. The summed E-state index contributed by atoms with van der Waals surface area (Å²) in [5.41, 5.74) is 1.04. The SMILES string of the molecule is CNC(=O)[C@@H](C)[C@H]1C(=O)\C(=C(O)/C=C/C(C)=C/[C@@H](C)C23CC4CC(CC(C4)C2)C3)C(=O)N1[C@@H]1CC[C@H](O)[C@H](C)O1. The number of allylic oxidation sites excluding steroid dienone is 4. The quantitative estimate of drug-likeness (QED) is 0.188. The van der Waals surface area contributed by atoms with E-state index < -0.39 is 47.8 Å². The van der Waals surface area contributed by atoms with Crippen molar-refractivity contribution in [2.75, 3.05) is 7.05 Å². The molecule has 2 aliphatic heterocycles. The van der Waals surface area contributed by atoms with Crippen molar-refractivity contribution in [3.8, 4) is 0 Å². The number of hydrogen-bond acceptors (Lipinski definition) is 6. The maximum atomic E-state index is 13.6. The van der Waals surface area contributed by atoms with Crippen molar-refractivity contribution in [1.82, 2.24) is 10.2 Å². The third-order valence-electron chi connectivity index (χ3n) is 10.7. The first-order valence-corrected chi connectivity index (χ1v) is 15.2. The molecular weight excluding hydrogens is 508 g/mol. The van der Waals surface area contributed by atoms with E-state index in [0.29, 0.717) is 24.2 Å². The molecule has 2 heterocycles. The lowest BCUT2D eigenvalue weighted by atomic mass is 9.46. The molecule has 220 valence electrons. The average molecular weight is 555 g/mol. The molecule has 3 N–H and O–H groups in total. The van der Waals surface area contributed by atoms with Gasteiger partial charge in [0.25, 0.3) is 5.91 Å². The molecule has 0 radical (unpaired) electrons. The van der Waals surface area contributed by atoms with E-state index in [1.54, 1.807) is 19.9 Å². The Balaban J connectivity index is 1.37. The van der Waals surface area contributed by atoms with Gasteiger partial charge in [-0.2, -0.15) is 0 Å². The summed E-state index contributed by atoms with van der Waals surface area (Å²) in [6, 6.07) is -1.10. The zero-order chi connectivity index (χ0) is 28.9. The van der Waals surface area contributed by atoms with Crippen molar-refractivity contribution in [3.05, 3.63) is 35.1 Å². The summed E-state index contributed by atoms with van der Waals surface area (Å²) in [4.78, 5) is 41.0. The molecule has 0 unspecified atom stereocenters. The third kappa shape index (κ3) is 5.18. The van der Waals surface area contributed by atoms with Gasteiger partial charge in [0.15, 0.2) is 5.78 Å². The van der Waals surface area contributed by atoms with Crippen LogP contribution in [0.5, 0.6) is 0 Å². The molecule has 0 spiro atoms. The number of amides is 2. The van der Waals surface area contributed by atoms with E-state index >= 15 is 0 Å². The van der Waals surface area contributed by atoms with Crippen LogP contribution in [0.4, 0.5) is 0 Å². The Morgan fingerprint density at radius 2 is 1.68 bits per heavy atom. The Morgan fingerprint density at radius 1 is 1.07 bits per heavy atom. The van der Waals surface area contributed by atoms with E-state index in [1.807, 2.05) is 6.92 Å². The molecule has 40 heavy (non-hydrogen) atoms. The van der Waals surface area contributed by atoms with Gasteiger partial charge in [0.1, 0.15) is 23.6 Å². The Bertz CT molecular complexity index is 1100. The molecule has 8 nitrogen and oxygen atoms in total. The lowest BCUT2D eigenvalue weighted by Gasteiger charge is -2.59. The summed E-state index contributed by atoms with van der Waals surface area (Å²) < 4.78 is 5.91. The van der Waals surface area contributed by atoms with Gasteiger partial charge in [-0.25, -0.2) is 0 Å². The highest BCUT2D eigenvalue weighted by Crippen LogP contribution is 2.63. The number of hydrogen-bond donors (Lipinski definition) is 3. The number of ether oxygens (including phenoxy) is 1. The molecule has 0 aromatic carbocycles. The summed E-state index contributed by atoms with van der Waals surface area (Å²) in [7, 11) is 1.48. The van der Waals surface area contributed by atoms with Crippen LogP contribution >= 0.6 is 0 Å². The van der Waals surface area contributed by atoms with Crippen LogP contribution in [0.2, 0.25) is 0 Å². The lowest BCUT2D eigenvalue weighted by molar-refractivity contribution is -0.181. The van der Waals surface area contributed by atoms with E-state index in [-0.39, 0.29) is 11.5 Å². The largest absolute Gasteiger partial charge is 0.507 e. The topological polar surface area (TPSA) is 116 Å². The number of aliphatic hydroxyl groups excluding tert-OH is 2. The number of aliphatic hydroxyl groups is 2. The summed E-state index contributed by atoms with van der Waals surface area (Å²) in [6.07, 6.45) is 12.4. The second-order valence-corrected chi connectivity index (χ2v) is 13.4. The van der Waals surface area contributed by atoms with Crippen molar-refractivity contribution in [3.63, 3.8) is 0 Å². The zero-order valence-corrected chi connectivity index (χ0v) is 24.6. The normalized spacial score (nSPS) is 40.6. The summed E-state index contributed by atoms with van der Waals surface area (Å²) in [5.74, 6) is 0.183. The lowest BCUT2D eigenvalue weighted by Crippen LogP contribution is -2.54. The minimum atomic E-state index is -1.10. The first-order valence-electron chi connectivity index (χ1n) is 15.2. The molecule has 0 aromatic heterocycles. The Hall–Kier alpha value is -2.45. The van der Waals surface area contributed by atoms with Gasteiger partial charge in [0, 0.05) is 7.05 Å². The summed E-state index contributed by atoms with van der Waals surface area (Å²) >= 11 is 0. The number of nitrogens with one attached hydrogen (secondary N) is 1. The smallest absolute Gasteiger partial charge is 0.264 e. The molecule has 0 aromatic rings. The number of likely N-dealkylation sites (tertiary alicyclic amines) is 1. The van der Waals surface area contributed by atoms with Gasteiger partial charge in [-0.05, 0) is 100 Å². The second-order valence-electron chi connectivity index (χ2n) is 13.4. The summed E-state index contributed by atoms with van der Waals surface area (Å²) in [5, 5.41) is 23.7. The number of Topliss-reactive ketones (excluding diaryl/α,β-unsaturated/α-hetero) is 1. The fourth-order valence-corrected chi connectivity index (χ4v) is 8.83. The van der Waals surface area contributed by atoms with Crippen LogP contribution in [0, 0.1) is 35.0 Å². The number of rotatable bonds is 7. The highest BCUT2D eigenvalue weighted by Gasteiger charge is 2.54. The third-order valence-corrected chi connectivity index (χ3v) is 10.7. The van der Waals surface area contributed by atoms with Crippen LogP contribution in [-0.2, 0) is 19.1 Å². The van der Waals surface area contributed by atoms with Crippen molar-refractivity contribution in [1.29, 1.82) is 0 Å². The average Bonchev–Trinajstić information content (AvgIpc) is 3.16. The Labute approximate surface area is 237 Å². The van der Waals surface area contributed by atoms with Crippen LogP contribution in [-0.4, -0.2) is 64.2 Å². The first-order chi connectivity index (χ1) is 18.9. The van der Waals surface area contributed by atoms with Crippen LogP contribution in [0.15, 0.2) is 35.1 Å². The number of carbonyl (C=O) groups is 3. The Morgan fingerprint density at radius 3 is 2.23 bits per heavy atom. The molecule has 4 saturated carbocycles. The van der Waals surface area contributed by atoms with Crippen LogP contribution in [0.1, 0.15) is 79.1 Å². The molecule has 4 aliphatic carbocycles. The number of nitrogens with zero attached hydrogens (tertiary/aromatic N) is 1. The van der Waals surface area contributed by atoms with Gasteiger partial charge >= 0.3 is 0 Å². The molecule has 2 saturated heterocycles. The van der Waals surface area contributed by atoms with E-state index in [0.717, 1.165) is 23.3 Å². The van der Waals surface area contributed by atoms with Gasteiger partial charge in [0.2, 0.25) is 5.91 Å². The van der Waals surface area contributed by atoms with E-state index in [2.05, 4.69) is 18.3 Å². The highest BCUT2D eigenvalue weighted by atomic mass is 16.5. The van der Waals surface area contributed by atoms with Crippen molar-refractivity contribution in [2.45, 2.75) is 104 Å². The van der Waals surface area contributed by atoms with Crippen LogP contribution in [0.3, 0.4) is 0 Å². The Kier molecular flexibility index (Phi) is 8.05. The summed E-state index contributed by atoms with van der Waals surface area (Å²) in [6.45, 7) is 7.62. The van der Waals surface area contributed by atoms with E-state index in [1.165, 1.54) is 56.5 Å². The minimum Gasteiger partial charge on any atom is -0.507 e. The van der Waals surface area contributed by atoms with Crippen molar-refractivity contribution >= 4 is 17.6 Å². The van der Waals surface area contributed by atoms with Crippen molar-refractivity contribution < 1.29 is 29.3 Å². The monoisotopic (exact) mass is 554 g/mol. The van der Waals surface area contributed by atoms with Crippen molar-refractivity contribution in [2.24, 2.45) is 35.0 Å². The van der Waals surface area contributed by atoms with Gasteiger partial charge in [-0.1, -0.05) is 31.6 Å². The fourth-order valence-electron chi connectivity index (χ4n) is 8.83. The van der Waals surface area contributed by atoms with Gasteiger partial charge in [0.05, 0.1) is 18.1 Å². The van der Waals surface area contributed by atoms with Crippen LogP contribution in [0.25, 0.3) is 0 Å². The molecular formula is C32H46N2O6. The molecule has 6 rings (SSSR count). The van der Waals surface area contributed by atoms with Gasteiger partial charge < -0.3 is 25.2 Å². The predicted molar refractivity (Wildman–Crippen MR) is 151 cm³/mol. The van der Waals surface area contributed by atoms with Gasteiger partial charge in [-0.15, -0.1) is 0 Å². The van der Waals surface area contributed by atoms with E-state index in [9.17, 15) is 24.6 Å². The second kappa shape index (κ2) is 11.1. The fraction of sp³-hybridized carbons (Fsp3) is 0.719. The first kappa shape index (κ1) is 29.1.